The number of hydrogen-bond donors (Lipinski definition) is 3. The van der Waals surface area contributed by atoms with Crippen LogP contribution in [-0.2, 0) is 4.79 Å². The van der Waals surface area contributed by atoms with Gasteiger partial charge in [0, 0.05) is 0 Å². The third-order valence-corrected chi connectivity index (χ3v) is 4.04. The minimum Gasteiger partial charge on any atom is -0.506 e. The van der Waals surface area contributed by atoms with Crippen LogP contribution in [0.1, 0.15) is 19.4 Å². The van der Waals surface area contributed by atoms with E-state index < -0.39 is 16.8 Å². The first-order valence-electron chi connectivity index (χ1n) is 5.86. The lowest BCUT2D eigenvalue weighted by molar-refractivity contribution is -0.138. The zero-order valence-electron chi connectivity index (χ0n) is 11.0. The largest absolute Gasteiger partial charge is 0.506 e. The third kappa shape index (κ3) is 2.84. The number of anilines is 1. The second-order valence-electron chi connectivity index (χ2n) is 5.03. The maximum atomic E-state index is 11.1. The van der Waals surface area contributed by atoms with Crippen molar-refractivity contribution >= 4 is 28.6 Å². The molecule has 19 heavy (non-hydrogen) atoms. The number of nitrogens with zero attached hydrogens (tertiary/aromatic N) is 1. The summed E-state index contributed by atoms with van der Waals surface area (Å²) >= 11 is 1.36. The van der Waals surface area contributed by atoms with Crippen LogP contribution in [-0.4, -0.2) is 32.1 Å². The smallest absolute Gasteiger partial charge is 0.329 e. The number of aromatic hydroxyl groups is 1. The van der Waals surface area contributed by atoms with E-state index in [1.807, 2.05) is 20.8 Å². The number of carboxylic acids is 1. The average Bonchev–Trinajstić information content (AvgIpc) is 2.59. The molecule has 2 rings (SSSR count). The van der Waals surface area contributed by atoms with Gasteiger partial charge in [-0.05, 0) is 38.5 Å². The van der Waals surface area contributed by atoms with Crippen molar-refractivity contribution in [3.63, 3.8) is 0 Å². The van der Waals surface area contributed by atoms with E-state index in [9.17, 15) is 9.90 Å². The Hall–Kier alpha value is -1.69. The van der Waals surface area contributed by atoms with Gasteiger partial charge in [0.05, 0.1) is 10.4 Å². The SMILES string of the molecule is Cc1ccc(O)c(NC2=N[C@@H](C(=O)O)C(C)(C)S2)c1. The molecule has 0 aliphatic carbocycles. The van der Waals surface area contributed by atoms with Crippen LogP contribution in [0, 0.1) is 6.92 Å². The van der Waals surface area contributed by atoms with E-state index in [1.54, 1.807) is 18.2 Å². The number of phenols is 1. The average molecular weight is 280 g/mol. The molecule has 0 radical (unpaired) electrons. The Labute approximate surface area is 115 Å². The van der Waals surface area contributed by atoms with Gasteiger partial charge in [-0.3, -0.25) is 0 Å². The van der Waals surface area contributed by atoms with Gasteiger partial charge in [-0.1, -0.05) is 17.8 Å². The van der Waals surface area contributed by atoms with Crippen molar-refractivity contribution in [2.45, 2.75) is 31.6 Å². The van der Waals surface area contributed by atoms with Gasteiger partial charge in [-0.15, -0.1) is 0 Å². The van der Waals surface area contributed by atoms with Crippen LogP contribution in [0.25, 0.3) is 0 Å². The molecule has 1 aliphatic heterocycles. The van der Waals surface area contributed by atoms with Crippen molar-refractivity contribution < 1.29 is 15.0 Å². The number of amidine groups is 1. The minimum atomic E-state index is -0.942. The summed E-state index contributed by atoms with van der Waals surface area (Å²) in [5.41, 5.74) is 1.53. The van der Waals surface area contributed by atoms with Crippen LogP contribution in [0.3, 0.4) is 0 Å². The van der Waals surface area contributed by atoms with Gasteiger partial charge in [-0.25, -0.2) is 9.79 Å². The maximum absolute atomic E-state index is 11.1. The number of hydrogen-bond acceptors (Lipinski definition) is 5. The summed E-state index contributed by atoms with van der Waals surface area (Å²) in [6.07, 6.45) is 0. The standard InChI is InChI=1S/C13H16N2O3S/c1-7-4-5-9(16)8(6-7)14-12-15-10(11(17)18)13(2,3)19-12/h4-6,10,16H,1-3H3,(H,14,15)(H,17,18)/t10-/m0/s1. The first kappa shape index (κ1) is 13.7. The number of rotatable bonds is 2. The topological polar surface area (TPSA) is 81.9 Å². The van der Waals surface area contributed by atoms with Gasteiger partial charge in [0.1, 0.15) is 5.75 Å². The van der Waals surface area contributed by atoms with E-state index in [0.717, 1.165) is 5.56 Å². The van der Waals surface area contributed by atoms with Gasteiger partial charge in [0.2, 0.25) is 0 Å². The van der Waals surface area contributed by atoms with Crippen LogP contribution in [0.5, 0.6) is 5.75 Å². The van der Waals surface area contributed by atoms with Crippen molar-refractivity contribution in [1.29, 1.82) is 0 Å². The molecular formula is C13H16N2O3S. The van der Waals surface area contributed by atoms with E-state index in [1.165, 1.54) is 11.8 Å². The number of phenolic OH excluding ortho intramolecular Hbond substituents is 1. The summed E-state index contributed by atoms with van der Waals surface area (Å²) in [4.78, 5) is 15.3. The molecule has 0 spiro atoms. The molecule has 0 saturated carbocycles. The van der Waals surface area contributed by atoms with E-state index in [2.05, 4.69) is 10.3 Å². The van der Waals surface area contributed by atoms with E-state index in [4.69, 9.17) is 5.11 Å². The quantitative estimate of drug-likeness (QED) is 0.725. The highest BCUT2D eigenvalue weighted by molar-refractivity contribution is 8.15. The molecule has 1 heterocycles. The zero-order chi connectivity index (χ0) is 14.2. The molecular weight excluding hydrogens is 264 g/mol. The van der Waals surface area contributed by atoms with Crippen molar-refractivity contribution in [2.24, 2.45) is 4.99 Å². The first-order chi connectivity index (χ1) is 8.79. The maximum Gasteiger partial charge on any atom is 0.329 e. The van der Waals surface area contributed by atoms with Crippen molar-refractivity contribution in [2.75, 3.05) is 5.32 Å². The summed E-state index contributed by atoms with van der Waals surface area (Å²) < 4.78 is -0.506. The summed E-state index contributed by atoms with van der Waals surface area (Å²) in [6, 6.07) is 4.40. The molecule has 1 aromatic rings. The lowest BCUT2D eigenvalue weighted by Crippen LogP contribution is -2.34. The summed E-state index contributed by atoms with van der Waals surface area (Å²) in [6.45, 7) is 5.59. The lowest BCUT2D eigenvalue weighted by Gasteiger charge is -2.20. The number of aliphatic imine (C=N–C) groups is 1. The second-order valence-corrected chi connectivity index (χ2v) is 6.67. The summed E-state index contributed by atoms with van der Waals surface area (Å²) in [5.74, 6) is -0.826. The van der Waals surface area contributed by atoms with E-state index in [0.29, 0.717) is 10.9 Å². The van der Waals surface area contributed by atoms with Gasteiger partial charge in [0.15, 0.2) is 11.2 Å². The first-order valence-corrected chi connectivity index (χ1v) is 6.67. The number of aliphatic carboxylic acids is 1. The third-order valence-electron chi connectivity index (χ3n) is 2.89. The molecule has 0 bridgehead atoms. The van der Waals surface area contributed by atoms with E-state index >= 15 is 0 Å². The summed E-state index contributed by atoms with van der Waals surface area (Å²) in [5, 5.41) is 22.4. The molecule has 102 valence electrons. The van der Waals surface area contributed by atoms with Gasteiger partial charge < -0.3 is 15.5 Å². The monoisotopic (exact) mass is 280 g/mol. The summed E-state index contributed by atoms with van der Waals surface area (Å²) in [7, 11) is 0. The lowest BCUT2D eigenvalue weighted by atomic mass is 10.0. The Morgan fingerprint density at radius 3 is 2.74 bits per heavy atom. The van der Waals surface area contributed by atoms with Gasteiger partial charge in [0.25, 0.3) is 0 Å². The molecule has 1 aromatic carbocycles. The zero-order valence-corrected chi connectivity index (χ0v) is 11.8. The van der Waals surface area contributed by atoms with Crippen molar-refractivity contribution in [1.82, 2.24) is 0 Å². The van der Waals surface area contributed by atoms with Crippen LogP contribution in [0.4, 0.5) is 5.69 Å². The number of thioether (sulfide) groups is 1. The highest BCUT2D eigenvalue weighted by Gasteiger charge is 2.42. The molecule has 3 N–H and O–H groups in total. The van der Waals surface area contributed by atoms with Gasteiger partial charge >= 0.3 is 5.97 Å². The Morgan fingerprint density at radius 2 is 2.16 bits per heavy atom. The number of carboxylic acid groups (broad SMARTS) is 1. The molecule has 5 nitrogen and oxygen atoms in total. The Bertz CT molecular complexity index is 555. The fourth-order valence-electron chi connectivity index (χ4n) is 1.88. The Balaban J connectivity index is 2.23. The molecule has 0 fully saturated rings. The molecule has 0 amide bonds. The minimum absolute atomic E-state index is 0.116. The van der Waals surface area contributed by atoms with Crippen molar-refractivity contribution in [3.8, 4) is 5.75 Å². The van der Waals surface area contributed by atoms with Crippen LogP contribution < -0.4 is 5.32 Å². The highest BCUT2D eigenvalue weighted by atomic mass is 32.2. The number of nitrogens with one attached hydrogen (secondary N) is 1. The molecule has 0 saturated heterocycles. The molecule has 0 aromatic heterocycles. The number of carbonyl (C=O) groups is 1. The Morgan fingerprint density at radius 1 is 1.47 bits per heavy atom. The van der Waals surface area contributed by atoms with Gasteiger partial charge in [-0.2, -0.15) is 0 Å². The predicted octanol–water partition coefficient (Wildman–Crippen LogP) is 2.45. The fraction of sp³-hybridized carbons (Fsp3) is 0.385. The predicted molar refractivity (Wildman–Crippen MR) is 77.0 cm³/mol. The Kier molecular flexibility index (Phi) is 3.45. The normalized spacial score (nSPS) is 21.0. The number of benzene rings is 1. The molecule has 0 unspecified atom stereocenters. The molecule has 6 heteroatoms. The number of aryl methyl sites for hydroxylation is 1. The van der Waals surface area contributed by atoms with Crippen LogP contribution in [0.15, 0.2) is 23.2 Å². The van der Waals surface area contributed by atoms with Crippen LogP contribution >= 0.6 is 11.8 Å². The molecule has 1 aliphatic rings. The van der Waals surface area contributed by atoms with E-state index in [-0.39, 0.29) is 5.75 Å². The fourth-order valence-corrected chi connectivity index (χ4v) is 2.96. The second kappa shape index (κ2) is 4.77. The highest BCUT2D eigenvalue weighted by Crippen LogP contribution is 2.38. The van der Waals surface area contributed by atoms with Crippen LogP contribution in [0.2, 0.25) is 0 Å². The molecule has 1 atom stereocenters. The van der Waals surface area contributed by atoms with Crippen molar-refractivity contribution in [3.05, 3.63) is 23.8 Å².